The third-order valence-electron chi connectivity index (χ3n) is 1.94. The monoisotopic (exact) mass is 198 g/mol. The van der Waals surface area contributed by atoms with Crippen molar-refractivity contribution < 1.29 is 14.6 Å². The second kappa shape index (κ2) is 4.64. The van der Waals surface area contributed by atoms with Crippen LogP contribution in [-0.4, -0.2) is 27.7 Å². The van der Waals surface area contributed by atoms with Crippen LogP contribution >= 0.6 is 0 Å². The van der Waals surface area contributed by atoms with Crippen molar-refractivity contribution >= 4 is 5.97 Å². The smallest absolute Gasteiger partial charge is 0.362 e. The maximum Gasteiger partial charge on any atom is 0.362 e. The highest BCUT2D eigenvalue weighted by molar-refractivity contribution is 5.89. The summed E-state index contributed by atoms with van der Waals surface area (Å²) in [5, 5.41) is 9.56. The Kier molecular flexibility index (Phi) is 3.50. The van der Waals surface area contributed by atoms with Gasteiger partial charge in [0, 0.05) is 6.54 Å². The van der Waals surface area contributed by atoms with Crippen molar-refractivity contribution in [3.05, 3.63) is 12.0 Å². The molecule has 0 saturated heterocycles. The van der Waals surface area contributed by atoms with Gasteiger partial charge in [0.15, 0.2) is 0 Å². The standard InChI is InChI=1S/C9H14N2O3/c1-3-4-5-11-6-10-7(8(11)12)9(13)14-2/h6,12H,3-5H2,1-2H3. The maximum atomic E-state index is 11.1. The van der Waals surface area contributed by atoms with Crippen LogP contribution in [0.3, 0.4) is 0 Å². The number of aromatic nitrogens is 2. The maximum absolute atomic E-state index is 11.1. The van der Waals surface area contributed by atoms with Crippen LogP contribution < -0.4 is 0 Å². The van der Waals surface area contributed by atoms with Gasteiger partial charge in [0.25, 0.3) is 0 Å². The molecule has 0 radical (unpaired) electrons. The van der Waals surface area contributed by atoms with E-state index in [0.29, 0.717) is 6.54 Å². The average Bonchev–Trinajstić information content (AvgIpc) is 2.56. The number of carbonyl (C=O) groups excluding carboxylic acids is 1. The Hall–Kier alpha value is -1.52. The first-order valence-corrected chi connectivity index (χ1v) is 4.53. The van der Waals surface area contributed by atoms with Crippen LogP contribution in [0.15, 0.2) is 6.33 Å². The summed E-state index contributed by atoms with van der Waals surface area (Å²) in [4.78, 5) is 14.8. The molecule has 1 aromatic rings. The highest BCUT2D eigenvalue weighted by Crippen LogP contribution is 2.16. The first-order chi connectivity index (χ1) is 6.70. The number of aryl methyl sites for hydroxylation is 1. The molecule has 0 aliphatic carbocycles. The minimum absolute atomic E-state index is 0.0244. The predicted octanol–water partition coefficient (Wildman–Crippen LogP) is 1.18. The zero-order chi connectivity index (χ0) is 10.6. The number of rotatable bonds is 4. The molecule has 0 aliphatic heterocycles. The van der Waals surface area contributed by atoms with Gasteiger partial charge in [0.05, 0.1) is 13.4 Å². The van der Waals surface area contributed by atoms with Gasteiger partial charge in [-0.1, -0.05) is 13.3 Å². The number of hydrogen-bond acceptors (Lipinski definition) is 4. The first kappa shape index (κ1) is 10.6. The number of esters is 1. The van der Waals surface area contributed by atoms with E-state index >= 15 is 0 Å². The van der Waals surface area contributed by atoms with Crippen molar-refractivity contribution in [3.63, 3.8) is 0 Å². The quantitative estimate of drug-likeness (QED) is 0.738. The molecule has 0 atom stereocenters. The summed E-state index contributed by atoms with van der Waals surface area (Å²) in [6.07, 6.45) is 3.40. The molecule has 1 N–H and O–H groups in total. The van der Waals surface area contributed by atoms with Gasteiger partial charge in [0.1, 0.15) is 0 Å². The summed E-state index contributed by atoms with van der Waals surface area (Å²) in [5.41, 5.74) is -0.0244. The van der Waals surface area contributed by atoms with E-state index < -0.39 is 5.97 Å². The van der Waals surface area contributed by atoms with E-state index in [4.69, 9.17) is 0 Å². The fourth-order valence-electron chi connectivity index (χ4n) is 1.11. The largest absolute Gasteiger partial charge is 0.493 e. The van der Waals surface area contributed by atoms with Gasteiger partial charge in [-0.25, -0.2) is 9.78 Å². The van der Waals surface area contributed by atoms with Crippen molar-refractivity contribution in [2.24, 2.45) is 0 Å². The second-order valence-electron chi connectivity index (χ2n) is 2.96. The van der Waals surface area contributed by atoms with Crippen LogP contribution in [-0.2, 0) is 11.3 Å². The van der Waals surface area contributed by atoms with Gasteiger partial charge in [-0.2, -0.15) is 0 Å². The van der Waals surface area contributed by atoms with Crippen LogP contribution in [0, 0.1) is 0 Å². The van der Waals surface area contributed by atoms with E-state index in [2.05, 4.69) is 16.6 Å². The number of methoxy groups -OCH3 is 1. The highest BCUT2D eigenvalue weighted by atomic mass is 16.5. The summed E-state index contributed by atoms with van der Waals surface area (Å²) < 4.78 is 6.00. The molecule has 0 aliphatic rings. The topological polar surface area (TPSA) is 64.4 Å². The molecule has 1 heterocycles. The summed E-state index contributed by atoms with van der Waals surface area (Å²) in [7, 11) is 1.26. The molecule has 5 heteroatoms. The molecule has 0 amide bonds. The van der Waals surface area contributed by atoms with E-state index in [0.717, 1.165) is 12.8 Å². The Bertz CT molecular complexity index is 320. The Morgan fingerprint density at radius 2 is 2.43 bits per heavy atom. The number of ether oxygens (including phenoxy) is 1. The van der Waals surface area contributed by atoms with Crippen molar-refractivity contribution in [2.45, 2.75) is 26.3 Å². The minimum atomic E-state index is -0.613. The van der Waals surface area contributed by atoms with Gasteiger partial charge in [-0.05, 0) is 6.42 Å². The van der Waals surface area contributed by atoms with Crippen LogP contribution in [0.5, 0.6) is 5.88 Å². The van der Waals surface area contributed by atoms with Crippen molar-refractivity contribution in [3.8, 4) is 5.88 Å². The SMILES string of the molecule is CCCCn1cnc(C(=O)OC)c1O. The first-order valence-electron chi connectivity index (χ1n) is 4.53. The molecular formula is C9H14N2O3. The summed E-state index contributed by atoms with van der Waals surface area (Å²) in [6.45, 7) is 2.71. The van der Waals surface area contributed by atoms with Crippen LogP contribution in [0.2, 0.25) is 0 Å². The normalized spacial score (nSPS) is 10.1. The zero-order valence-corrected chi connectivity index (χ0v) is 8.36. The summed E-state index contributed by atoms with van der Waals surface area (Å²) in [5.74, 6) is -0.733. The molecule has 5 nitrogen and oxygen atoms in total. The van der Waals surface area contributed by atoms with Crippen molar-refractivity contribution in [1.29, 1.82) is 0 Å². The van der Waals surface area contributed by atoms with Crippen molar-refractivity contribution in [2.75, 3.05) is 7.11 Å². The van der Waals surface area contributed by atoms with Crippen LogP contribution in [0.1, 0.15) is 30.3 Å². The lowest BCUT2D eigenvalue weighted by Crippen LogP contribution is -2.02. The Morgan fingerprint density at radius 3 is 3.00 bits per heavy atom. The fraction of sp³-hybridized carbons (Fsp3) is 0.556. The van der Waals surface area contributed by atoms with E-state index in [1.165, 1.54) is 18.0 Å². The third-order valence-corrected chi connectivity index (χ3v) is 1.94. The van der Waals surface area contributed by atoms with Gasteiger partial charge in [-0.3, -0.25) is 0 Å². The number of carbonyl (C=O) groups is 1. The minimum Gasteiger partial charge on any atom is -0.493 e. The molecule has 0 aromatic carbocycles. The molecule has 0 fully saturated rings. The third kappa shape index (κ3) is 2.04. The Morgan fingerprint density at radius 1 is 1.71 bits per heavy atom. The predicted molar refractivity (Wildman–Crippen MR) is 50.1 cm³/mol. The lowest BCUT2D eigenvalue weighted by atomic mass is 10.3. The molecule has 14 heavy (non-hydrogen) atoms. The average molecular weight is 198 g/mol. The summed E-state index contributed by atoms with van der Waals surface area (Å²) in [6, 6.07) is 0. The molecule has 1 rings (SSSR count). The number of unbranched alkanes of at least 4 members (excludes halogenated alkanes) is 1. The van der Waals surface area contributed by atoms with E-state index in [1.807, 2.05) is 0 Å². The lowest BCUT2D eigenvalue weighted by Gasteiger charge is -2.01. The number of hydrogen-bond donors (Lipinski definition) is 1. The van der Waals surface area contributed by atoms with Gasteiger partial charge < -0.3 is 14.4 Å². The molecular weight excluding hydrogens is 184 g/mol. The van der Waals surface area contributed by atoms with Gasteiger partial charge in [0.2, 0.25) is 11.6 Å². The van der Waals surface area contributed by atoms with Crippen molar-refractivity contribution in [1.82, 2.24) is 9.55 Å². The molecule has 1 aromatic heterocycles. The van der Waals surface area contributed by atoms with Gasteiger partial charge in [-0.15, -0.1) is 0 Å². The Balaban J connectivity index is 2.80. The second-order valence-corrected chi connectivity index (χ2v) is 2.96. The molecule has 0 saturated carbocycles. The number of aromatic hydroxyl groups is 1. The highest BCUT2D eigenvalue weighted by Gasteiger charge is 2.17. The number of imidazole rings is 1. The van der Waals surface area contributed by atoms with E-state index in [9.17, 15) is 9.90 Å². The Labute approximate surface area is 82.3 Å². The van der Waals surface area contributed by atoms with E-state index in [-0.39, 0.29) is 11.6 Å². The zero-order valence-electron chi connectivity index (χ0n) is 8.36. The van der Waals surface area contributed by atoms with E-state index in [1.54, 1.807) is 0 Å². The molecule has 78 valence electrons. The number of nitrogens with zero attached hydrogens (tertiary/aromatic N) is 2. The van der Waals surface area contributed by atoms with Crippen LogP contribution in [0.25, 0.3) is 0 Å². The summed E-state index contributed by atoms with van der Waals surface area (Å²) >= 11 is 0. The molecule has 0 spiro atoms. The van der Waals surface area contributed by atoms with Gasteiger partial charge >= 0.3 is 5.97 Å². The fourth-order valence-corrected chi connectivity index (χ4v) is 1.11. The molecule has 0 unspecified atom stereocenters. The van der Waals surface area contributed by atoms with Crippen LogP contribution in [0.4, 0.5) is 0 Å². The molecule has 0 bridgehead atoms. The lowest BCUT2D eigenvalue weighted by molar-refractivity contribution is 0.0590.